The monoisotopic (exact) mass is 212 g/mol. The van der Waals surface area contributed by atoms with E-state index in [1.54, 1.807) is 0 Å². The van der Waals surface area contributed by atoms with Crippen LogP contribution < -0.4 is 62.0 Å². The van der Waals surface area contributed by atoms with Crippen LogP contribution in [-0.2, 0) is 0 Å². The molecule has 0 atom stereocenters. The first-order chi connectivity index (χ1) is 5.61. The van der Waals surface area contributed by atoms with Crippen LogP contribution in [0.15, 0.2) is 0 Å². The first-order valence-electron chi connectivity index (χ1n) is 2.52. The Kier molecular flexibility index (Phi) is 4.93. The molecule has 0 amide bonds. The molecule has 1 heterocycles. The van der Waals surface area contributed by atoms with Crippen molar-refractivity contribution in [3.05, 3.63) is 15.9 Å². The Morgan fingerprint density at radius 3 is 2.69 bits per heavy atom. The standard InChI is InChI=1S/C2H2N6O4.K/c9-2(10)1-3-4-5-7(1)6-8(11)12;/h6H,(H,9,10);/q;+1/p-1. The van der Waals surface area contributed by atoms with Crippen LogP contribution in [0.4, 0.5) is 0 Å². The number of nitro groups is 1. The molecule has 0 aliphatic rings. The average Bonchev–Trinajstić information content (AvgIpc) is 2.33. The van der Waals surface area contributed by atoms with Crippen molar-refractivity contribution in [3.63, 3.8) is 0 Å². The van der Waals surface area contributed by atoms with Gasteiger partial charge < -0.3 is 20.0 Å². The van der Waals surface area contributed by atoms with Crippen molar-refractivity contribution in [2.75, 3.05) is 5.53 Å². The van der Waals surface area contributed by atoms with E-state index in [0.717, 1.165) is 0 Å². The van der Waals surface area contributed by atoms with Gasteiger partial charge in [0.15, 0.2) is 0 Å². The first kappa shape index (κ1) is 12.4. The second-order valence-corrected chi connectivity index (χ2v) is 1.56. The van der Waals surface area contributed by atoms with E-state index >= 15 is 0 Å². The van der Waals surface area contributed by atoms with E-state index in [-0.39, 0.29) is 56.2 Å². The number of carboxylic acid groups (broad SMARTS) is 1. The number of hydrazine groups is 1. The SMILES string of the molecule is O=C([O-])c1nnnn1N[N+](=O)[O-].[K+]. The molecule has 11 heteroatoms. The summed E-state index contributed by atoms with van der Waals surface area (Å²) in [4.78, 5) is 20.2. The molecule has 0 saturated heterocycles. The Hall–Kier alpha value is -0.624. The van der Waals surface area contributed by atoms with Gasteiger partial charge in [-0.15, -0.1) is 0 Å². The minimum absolute atomic E-state index is 0. The van der Waals surface area contributed by atoms with Crippen LogP contribution in [-0.4, -0.2) is 31.3 Å². The maximum atomic E-state index is 10.1. The van der Waals surface area contributed by atoms with Crippen molar-refractivity contribution in [1.82, 2.24) is 20.3 Å². The van der Waals surface area contributed by atoms with E-state index in [2.05, 4.69) is 15.5 Å². The van der Waals surface area contributed by atoms with E-state index in [4.69, 9.17) is 0 Å². The van der Waals surface area contributed by atoms with Gasteiger partial charge in [-0.2, -0.15) is 0 Å². The molecule has 1 rings (SSSR count). The molecule has 1 N–H and O–H groups in total. The van der Waals surface area contributed by atoms with Gasteiger partial charge >= 0.3 is 57.2 Å². The van der Waals surface area contributed by atoms with Gasteiger partial charge in [0.05, 0.1) is 10.2 Å². The largest absolute Gasteiger partial charge is 1.00 e. The number of rotatable bonds is 3. The number of aromatic nitrogens is 4. The summed E-state index contributed by atoms with van der Waals surface area (Å²) in [7, 11) is 0. The number of carbonyl (C=O) groups is 1. The second kappa shape index (κ2) is 5.18. The van der Waals surface area contributed by atoms with Gasteiger partial charge in [0.2, 0.25) is 0 Å². The first-order valence-corrected chi connectivity index (χ1v) is 2.52. The summed E-state index contributed by atoms with van der Waals surface area (Å²) in [6.07, 6.45) is 0. The van der Waals surface area contributed by atoms with E-state index < -0.39 is 16.8 Å². The molecule has 1 aromatic heterocycles. The number of hydrogen-bond acceptors (Lipinski definition) is 7. The predicted molar refractivity (Wildman–Crippen MR) is 28.5 cm³/mol. The minimum Gasteiger partial charge on any atom is -0.540 e. The second-order valence-electron chi connectivity index (χ2n) is 1.56. The number of aromatic carboxylic acids is 1. The molecule has 1 aromatic rings. The van der Waals surface area contributed by atoms with Crippen molar-refractivity contribution in [1.29, 1.82) is 0 Å². The predicted octanol–water partition coefficient (Wildman–Crippen LogP) is -6.22. The number of carbonyl (C=O) groups excluding carboxylic acids is 1. The molecule has 0 saturated carbocycles. The van der Waals surface area contributed by atoms with Crippen LogP contribution in [0, 0.1) is 10.1 Å². The van der Waals surface area contributed by atoms with Crippen molar-refractivity contribution >= 4 is 5.97 Å². The molecule has 0 unspecified atom stereocenters. The molecular formula is C2HKN6O4. The Morgan fingerprint density at radius 1 is 1.62 bits per heavy atom. The fourth-order valence-corrected chi connectivity index (χ4v) is 0.459. The van der Waals surface area contributed by atoms with Gasteiger partial charge in [0.1, 0.15) is 5.97 Å². The fraction of sp³-hybridized carbons (Fsp3) is 0. The van der Waals surface area contributed by atoms with Crippen LogP contribution in [0.1, 0.15) is 10.6 Å². The fourth-order valence-electron chi connectivity index (χ4n) is 0.459. The number of nitrogens with one attached hydrogen (secondary N) is 1. The van der Waals surface area contributed by atoms with Crippen molar-refractivity contribution < 1.29 is 66.3 Å². The molecule has 10 nitrogen and oxygen atoms in total. The number of hydrogen-bond donors (Lipinski definition) is 1. The van der Waals surface area contributed by atoms with Gasteiger partial charge in [-0.3, -0.25) is 0 Å². The third kappa shape index (κ3) is 3.31. The quantitative estimate of drug-likeness (QED) is 0.296. The Morgan fingerprint density at radius 2 is 2.23 bits per heavy atom. The van der Waals surface area contributed by atoms with Crippen LogP contribution in [0.5, 0.6) is 0 Å². The number of nitrogens with zero attached hydrogens (tertiary/aromatic N) is 5. The topological polar surface area (TPSA) is 139 Å². The van der Waals surface area contributed by atoms with Crippen molar-refractivity contribution in [3.8, 4) is 0 Å². The average molecular weight is 212 g/mol. The van der Waals surface area contributed by atoms with Gasteiger partial charge in [-0.1, -0.05) is 5.10 Å². The molecule has 64 valence electrons. The number of tetrazole rings is 1. The van der Waals surface area contributed by atoms with Gasteiger partial charge in [-0.25, -0.2) is 0 Å². The van der Waals surface area contributed by atoms with Crippen LogP contribution in [0.3, 0.4) is 0 Å². The molecule has 0 aliphatic heterocycles. The third-order valence-corrected chi connectivity index (χ3v) is 0.828. The van der Waals surface area contributed by atoms with E-state index in [1.807, 2.05) is 0 Å². The van der Waals surface area contributed by atoms with Crippen LogP contribution >= 0.6 is 0 Å². The molecule has 0 aromatic carbocycles. The Labute approximate surface area is 113 Å². The summed E-state index contributed by atoms with van der Waals surface area (Å²) in [6, 6.07) is 0. The van der Waals surface area contributed by atoms with Gasteiger partial charge in [0.25, 0.3) is 0 Å². The number of carboxylic acids is 1. The zero-order chi connectivity index (χ0) is 9.14. The molecule has 0 fully saturated rings. The third-order valence-electron chi connectivity index (χ3n) is 0.828. The molecule has 0 radical (unpaired) electrons. The van der Waals surface area contributed by atoms with Crippen molar-refractivity contribution in [2.45, 2.75) is 0 Å². The Balaban J connectivity index is 0.00000144. The van der Waals surface area contributed by atoms with E-state index in [0.29, 0.717) is 0 Å². The summed E-state index contributed by atoms with van der Waals surface area (Å²) in [5, 5.41) is 27.7. The van der Waals surface area contributed by atoms with Crippen molar-refractivity contribution in [2.24, 2.45) is 0 Å². The summed E-state index contributed by atoms with van der Waals surface area (Å²) in [6.45, 7) is 0. The van der Waals surface area contributed by atoms with Crippen LogP contribution in [0.2, 0.25) is 0 Å². The van der Waals surface area contributed by atoms with Crippen LogP contribution in [0.25, 0.3) is 0 Å². The normalized spacial score (nSPS) is 8.62. The van der Waals surface area contributed by atoms with E-state index in [9.17, 15) is 20.0 Å². The summed E-state index contributed by atoms with van der Waals surface area (Å²) in [5.74, 6) is -2.49. The summed E-state index contributed by atoms with van der Waals surface area (Å²) in [5.41, 5.74) is 1.42. The Bertz CT molecular complexity index is 322. The molecule has 0 bridgehead atoms. The van der Waals surface area contributed by atoms with E-state index in [1.165, 1.54) is 5.53 Å². The molecule has 0 aliphatic carbocycles. The zero-order valence-electron chi connectivity index (χ0n) is 6.37. The molecular weight excluding hydrogens is 211 g/mol. The van der Waals surface area contributed by atoms with Gasteiger partial charge in [0, 0.05) is 10.0 Å². The zero-order valence-corrected chi connectivity index (χ0v) is 9.49. The smallest absolute Gasteiger partial charge is 0.540 e. The maximum Gasteiger partial charge on any atom is 1.00 e. The summed E-state index contributed by atoms with van der Waals surface area (Å²) >= 11 is 0. The van der Waals surface area contributed by atoms with Gasteiger partial charge in [-0.05, 0) is 5.53 Å². The molecule has 13 heavy (non-hydrogen) atoms. The molecule has 0 spiro atoms. The minimum atomic E-state index is -1.71. The summed E-state index contributed by atoms with van der Waals surface area (Å²) < 4.78 is 0. The maximum absolute atomic E-state index is 10.1.